The summed E-state index contributed by atoms with van der Waals surface area (Å²) in [7, 11) is 1.53. The Balaban J connectivity index is 2.37. The van der Waals surface area contributed by atoms with E-state index in [9.17, 15) is 5.11 Å². The molecule has 0 saturated carbocycles. The topological polar surface area (TPSA) is 38.7 Å². The molecule has 0 aromatic heterocycles. The van der Waals surface area contributed by atoms with Gasteiger partial charge in [-0.2, -0.15) is 0 Å². The zero-order valence-electron chi connectivity index (χ0n) is 7.94. The van der Waals surface area contributed by atoms with Crippen LogP contribution in [0.5, 0.6) is 5.75 Å². The third-order valence-electron chi connectivity index (χ3n) is 1.60. The molecule has 0 aliphatic rings. The molecular formula is C10H13ClO3. The molecule has 3 nitrogen and oxygen atoms in total. The van der Waals surface area contributed by atoms with Crippen molar-refractivity contribution in [3.63, 3.8) is 0 Å². The van der Waals surface area contributed by atoms with Crippen LogP contribution < -0.4 is 4.74 Å². The second-order valence-corrected chi connectivity index (χ2v) is 3.31. The number of methoxy groups -OCH3 is 1. The van der Waals surface area contributed by atoms with Crippen molar-refractivity contribution in [1.82, 2.24) is 0 Å². The Morgan fingerprint density at radius 2 is 2.21 bits per heavy atom. The molecule has 0 amide bonds. The van der Waals surface area contributed by atoms with Crippen molar-refractivity contribution < 1.29 is 14.6 Å². The first-order valence-corrected chi connectivity index (χ1v) is 4.65. The summed E-state index contributed by atoms with van der Waals surface area (Å²) in [6, 6.07) is 7.03. The third-order valence-corrected chi connectivity index (χ3v) is 1.83. The molecule has 0 aliphatic carbocycles. The normalized spacial score (nSPS) is 12.5. The second-order valence-electron chi connectivity index (χ2n) is 2.88. The zero-order valence-corrected chi connectivity index (χ0v) is 8.70. The fourth-order valence-electron chi connectivity index (χ4n) is 0.990. The van der Waals surface area contributed by atoms with Crippen molar-refractivity contribution >= 4 is 11.6 Å². The van der Waals surface area contributed by atoms with E-state index in [0.717, 1.165) is 0 Å². The van der Waals surface area contributed by atoms with Crippen molar-refractivity contribution in [2.45, 2.75) is 6.10 Å². The average Bonchev–Trinajstić information content (AvgIpc) is 2.15. The summed E-state index contributed by atoms with van der Waals surface area (Å²) < 4.78 is 10.0. The van der Waals surface area contributed by atoms with E-state index < -0.39 is 6.10 Å². The number of ether oxygens (including phenoxy) is 2. The fourth-order valence-corrected chi connectivity index (χ4v) is 1.17. The minimum atomic E-state index is -0.612. The van der Waals surface area contributed by atoms with Gasteiger partial charge in [0.05, 0.1) is 6.61 Å². The molecule has 0 radical (unpaired) electrons. The number of aliphatic hydroxyl groups is 1. The Labute approximate surface area is 88.2 Å². The maximum atomic E-state index is 9.30. The van der Waals surface area contributed by atoms with Crippen LogP contribution in [0.1, 0.15) is 0 Å². The van der Waals surface area contributed by atoms with E-state index in [4.69, 9.17) is 21.1 Å². The number of hydrogen-bond donors (Lipinski definition) is 1. The van der Waals surface area contributed by atoms with Crippen molar-refractivity contribution in [2.24, 2.45) is 0 Å². The highest BCUT2D eigenvalue weighted by Gasteiger charge is 2.04. The van der Waals surface area contributed by atoms with Crippen LogP contribution in [0, 0.1) is 0 Å². The first kappa shape index (κ1) is 11.3. The largest absolute Gasteiger partial charge is 0.491 e. The van der Waals surface area contributed by atoms with Gasteiger partial charge in [0.25, 0.3) is 0 Å². The van der Waals surface area contributed by atoms with Gasteiger partial charge in [-0.1, -0.05) is 17.7 Å². The fraction of sp³-hybridized carbons (Fsp3) is 0.400. The Hall–Kier alpha value is -0.770. The maximum absolute atomic E-state index is 9.30. The predicted octanol–water partition coefficient (Wildman–Crippen LogP) is 1.73. The lowest BCUT2D eigenvalue weighted by atomic mass is 10.3. The van der Waals surface area contributed by atoms with E-state index in [1.807, 2.05) is 0 Å². The second kappa shape index (κ2) is 5.86. The molecule has 1 aromatic rings. The SMILES string of the molecule is COCC(O)COc1cccc(Cl)c1. The standard InChI is InChI=1S/C10H13ClO3/c1-13-6-9(12)7-14-10-4-2-3-8(11)5-10/h2-5,9,12H,6-7H2,1H3. The molecule has 1 N–H and O–H groups in total. The van der Waals surface area contributed by atoms with Gasteiger partial charge in [-0.15, -0.1) is 0 Å². The summed E-state index contributed by atoms with van der Waals surface area (Å²) in [5, 5.41) is 9.91. The quantitative estimate of drug-likeness (QED) is 0.815. The van der Waals surface area contributed by atoms with Gasteiger partial charge in [0.1, 0.15) is 18.5 Å². The monoisotopic (exact) mass is 216 g/mol. The smallest absolute Gasteiger partial charge is 0.120 e. The number of benzene rings is 1. The van der Waals surface area contributed by atoms with Crippen LogP contribution in [0.15, 0.2) is 24.3 Å². The Morgan fingerprint density at radius 3 is 2.86 bits per heavy atom. The van der Waals surface area contributed by atoms with Crippen molar-refractivity contribution in [2.75, 3.05) is 20.3 Å². The van der Waals surface area contributed by atoms with E-state index in [-0.39, 0.29) is 13.2 Å². The number of rotatable bonds is 5. The summed E-state index contributed by atoms with van der Waals surface area (Å²) in [6.07, 6.45) is -0.612. The molecule has 0 heterocycles. The van der Waals surface area contributed by atoms with E-state index in [2.05, 4.69) is 0 Å². The van der Waals surface area contributed by atoms with E-state index in [1.54, 1.807) is 24.3 Å². The highest BCUT2D eigenvalue weighted by molar-refractivity contribution is 6.30. The van der Waals surface area contributed by atoms with Crippen LogP contribution in [0.4, 0.5) is 0 Å². The molecular weight excluding hydrogens is 204 g/mol. The molecule has 1 rings (SSSR count). The number of aliphatic hydroxyl groups excluding tert-OH is 1. The summed E-state index contributed by atoms with van der Waals surface area (Å²) in [5.41, 5.74) is 0. The number of hydrogen-bond acceptors (Lipinski definition) is 3. The molecule has 78 valence electrons. The van der Waals surface area contributed by atoms with Gasteiger partial charge in [0.2, 0.25) is 0 Å². The van der Waals surface area contributed by atoms with E-state index in [1.165, 1.54) is 7.11 Å². The van der Waals surface area contributed by atoms with Crippen LogP contribution in [-0.4, -0.2) is 31.5 Å². The molecule has 0 fully saturated rings. The lowest BCUT2D eigenvalue weighted by Gasteiger charge is -2.11. The molecule has 14 heavy (non-hydrogen) atoms. The lowest BCUT2D eigenvalue weighted by molar-refractivity contribution is 0.0325. The van der Waals surface area contributed by atoms with Crippen LogP contribution in [0.3, 0.4) is 0 Å². The maximum Gasteiger partial charge on any atom is 0.120 e. The van der Waals surface area contributed by atoms with Crippen LogP contribution in [-0.2, 0) is 4.74 Å². The predicted molar refractivity (Wildman–Crippen MR) is 54.8 cm³/mol. The summed E-state index contributed by atoms with van der Waals surface area (Å²) in [5.74, 6) is 0.646. The number of halogens is 1. The molecule has 1 unspecified atom stereocenters. The van der Waals surface area contributed by atoms with E-state index in [0.29, 0.717) is 10.8 Å². The van der Waals surface area contributed by atoms with Gasteiger partial charge in [-0.25, -0.2) is 0 Å². The van der Waals surface area contributed by atoms with Gasteiger partial charge in [-0.05, 0) is 18.2 Å². The minimum absolute atomic E-state index is 0.203. The molecule has 0 aliphatic heterocycles. The molecule has 0 spiro atoms. The molecule has 1 atom stereocenters. The Kier molecular flexibility index (Phi) is 4.73. The van der Waals surface area contributed by atoms with Crippen molar-refractivity contribution in [3.8, 4) is 5.75 Å². The Bertz CT molecular complexity index is 278. The summed E-state index contributed by atoms with van der Waals surface area (Å²) in [4.78, 5) is 0. The van der Waals surface area contributed by atoms with Crippen LogP contribution in [0.2, 0.25) is 5.02 Å². The van der Waals surface area contributed by atoms with Crippen LogP contribution in [0.25, 0.3) is 0 Å². The summed E-state index contributed by atoms with van der Waals surface area (Å²) >= 11 is 5.75. The van der Waals surface area contributed by atoms with Gasteiger partial charge in [-0.3, -0.25) is 0 Å². The Morgan fingerprint density at radius 1 is 1.43 bits per heavy atom. The van der Waals surface area contributed by atoms with E-state index >= 15 is 0 Å². The lowest BCUT2D eigenvalue weighted by Crippen LogP contribution is -2.22. The molecule has 0 saturated heterocycles. The molecule has 4 heteroatoms. The third kappa shape index (κ3) is 3.96. The molecule has 1 aromatic carbocycles. The average molecular weight is 217 g/mol. The highest BCUT2D eigenvalue weighted by atomic mass is 35.5. The van der Waals surface area contributed by atoms with Gasteiger partial charge >= 0.3 is 0 Å². The minimum Gasteiger partial charge on any atom is -0.491 e. The first-order valence-electron chi connectivity index (χ1n) is 4.27. The van der Waals surface area contributed by atoms with Crippen molar-refractivity contribution in [3.05, 3.63) is 29.3 Å². The van der Waals surface area contributed by atoms with Gasteiger partial charge in [0, 0.05) is 12.1 Å². The van der Waals surface area contributed by atoms with Gasteiger partial charge < -0.3 is 14.6 Å². The zero-order chi connectivity index (χ0) is 10.4. The van der Waals surface area contributed by atoms with Crippen LogP contribution >= 0.6 is 11.6 Å². The van der Waals surface area contributed by atoms with Crippen molar-refractivity contribution in [1.29, 1.82) is 0 Å². The molecule has 0 bridgehead atoms. The first-order chi connectivity index (χ1) is 6.72. The highest BCUT2D eigenvalue weighted by Crippen LogP contribution is 2.17. The summed E-state index contributed by atoms with van der Waals surface area (Å²) in [6.45, 7) is 0.467. The van der Waals surface area contributed by atoms with Gasteiger partial charge in [0.15, 0.2) is 0 Å².